The minimum atomic E-state index is -1.23. The second-order valence-electron chi connectivity index (χ2n) is 18.0. The maximum absolute atomic E-state index is 13.0. The Morgan fingerprint density at radius 2 is 0.850 bits per heavy atom. The van der Waals surface area contributed by atoms with Gasteiger partial charge in [0.25, 0.3) is 11.8 Å². The molecule has 328 valence electrons. The number of para-hydroxylation sites is 2. The van der Waals surface area contributed by atoms with Crippen LogP contribution < -0.4 is 21.3 Å². The fourth-order valence-corrected chi connectivity index (χ4v) is 6.75. The van der Waals surface area contributed by atoms with Crippen LogP contribution in [-0.4, -0.2) is 108 Å². The molecule has 0 aromatic heterocycles. The number of ether oxygens (including phenoxy) is 2. The number of esters is 2. The van der Waals surface area contributed by atoms with E-state index in [9.17, 15) is 38.4 Å². The molecule has 6 amide bonds. The van der Waals surface area contributed by atoms with Crippen molar-refractivity contribution in [3.8, 4) is 0 Å². The van der Waals surface area contributed by atoms with Gasteiger partial charge >= 0.3 is 11.9 Å². The summed E-state index contributed by atoms with van der Waals surface area (Å²) < 4.78 is 9.43. The van der Waals surface area contributed by atoms with Crippen LogP contribution in [0.25, 0.3) is 0 Å². The highest BCUT2D eigenvalue weighted by atomic mass is 16.5. The average molecular weight is 835 g/mol. The van der Waals surface area contributed by atoms with Crippen molar-refractivity contribution in [3.05, 3.63) is 59.7 Å². The number of nitrogens with zero attached hydrogens (tertiary/aromatic N) is 2. The molecule has 0 bridgehead atoms. The van der Waals surface area contributed by atoms with Gasteiger partial charge in [0, 0.05) is 23.9 Å². The number of carbonyl (C=O) groups is 8. The number of nitrogens with one attached hydrogen (secondary N) is 4. The normalized spacial score (nSPS) is 16.7. The molecule has 2 aromatic rings. The summed E-state index contributed by atoms with van der Waals surface area (Å²) in [5.41, 5.74) is -2.56. The molecule has 0 spiro atoms. The number of carbonyl (C=O) groups excluding carboxylic acids is 8. The number of likely N-dealkylation sites (tertiary alicyclic amines) is 2. The van der Waals surface area contributed by atoms with Crippen molar-refractivity contribution in [1.29, 1.82) is 0 Å². The van der Waals surface area contributed by atoms with E-state index in [-0.39, 0.29) is 34.8 Å². The van der Waals surface area contributed by atoms with E-state index < -0.39 is 57.7 Å². The smallest absolute Gasteiger partial charge is 0.330 e. The quantitative estimate of drug-likeness (QED) is 0.243. The monoisotopic (exact) mass is 834 g/mol. The predicted molar refractivity (Wildman–Crippen MR) is 226 cm³/mol. The molecule has 60 heavy (non-hydrogen) atoms. The Bertz CT molecular complexity index is 1820. The summed E-state index contributed by atoms with van der Waals surface area (Å²) in [5, 5.41) is 10.8. The second kappa shape index (κ2) is 19.5. The van der Waals surface area contributed by atoms with Crippen LogP contribution in [0.15, 0.2) is 48.5 Å². The van der Waals surface area contributed by atoms with Crippen LogP contribution in [-0.2, 0) is 38.2 Å². The van der Waals surface area contributed by atoms with Crippen LogP contribution in [0.4, 0.5) is 11.4 Å². The van der Waals surface area contributed by atoms with Crippen LogP contribution in [0.2, 0.25) is 0 Å². The van der Waals surface area contributed by atoms with Gasteiger partial charge in [0.1, 0.15) is 23.2 Å². The van der Waals surface area contributed by atoms with E-state index in [0.717, 1.165) is 12.8 Å². The summed E-state index contributed by atoms with van der Waals surface area (Å²) in [6.07, 6.45) is 2.62. The summed E-state index contributed by atoms with van der Waals surface area (Å²) in [4.78, 5) is 104. The Morgan fingerprint density at radius 1 is 0.533 bits per heavy atom. The minimum absolute atomic E-state index is 0.0778. The van der Waals surface area contributed by atoms with E-state index in [0.29, 0.717) is 37.3 Å². The average Bonchev–Trinajstić information content (AvgIpc) is 3.87. The zero-order chi connectivity index (χ0) is 45.4. The zero-order valence-electron chi connectivity index (χ0n) is 37.0. The summed E-state index contributed by atoms with van der Waals surface area (Å²) in [6.45, 7) is 18.1. The molecular formula is C44H62N6O10. The molecule has 0 unspecified atom stereocenters. The highest BCUT2D eigenvalue weighted by molar-refractivity contribution is 6.08. The Labute approximate surface area is 352 Å². The molecule has 2 heterocycles. The standard InChI is InChI=1S/2C22H31N3O5/c2*1-21(2,3)19(28)25-13-9-12-16(25)18(27)23-15-11-8-7-10-14(15)17(26)24-22(4,5)20(29)30-6/h2*7-8,10-11,16H,9,12-13H2,1-6H3,(H,23,27)(H,24,26)/t2*16-/m00/s1. The van der Waals surface area contributed by atoms with Gasteiger partial charge in [0.2, 0.25) is 23.6 Å². The second-order valence-corrected chi connectivity index (χ2v) is 18.0. The summed E-state index contributed by atoms with van der Waals surface area (Å²) in [5.74, 6) is -3.03. The fraction of sp³-hybridized carbons (Fsp3) is 0.545. The Kier molecular flexibility index (Phi) is 15.8. The molecule has 0 radical (unpaired) electrons. The molecule has 4 N–H and O–H groups in total. The van der Waals surface area contributed by atoms with Gasteiger partial charge in [0.15, 0.2) is 0 Å². The summed E-state index contributed by atoms with van der Waals surface area (Å²) in [7, 11) is 2.49. The van der Waals surface area contributed by atoms with Crippen molar-refractivity contribution in [2.75, 3.05) is 37.9 Å². The molecule has 16 heteroatoms. The lowest BCUT2D eigenvalue weighted by molar-refractivity contribution is -0.147. The van der Waals surface area contributed by atoms with E-state index in [2.05, 4.69) is 21.3 Å². The van der Waals surface area contributed by atoms with Gasteiger partial charge in [-0.15, -0.1) is 0 Å². The SMILES string of the molecule is COC(=O)C(C)(C)NC(=O)c1ccccc1NC(=O)[C@@H]1CCCN1C(=O)C(C)(C)C.COC(=O)C(C)(C)NC(=O)c1ccccc1NC(=O)[C@@H]1CCCN1C(=O)C(C)(C)C. The molecule has 0 saturated carbocycles. The van der Waals surface area contributed by atoms with Crippen LogP contribution >= 0.6 is 0 Å². The molecule has 2 fully saturated rings. The van der Waals surface area contributed by atoms with E-state index in [1.165, 1.54) is 41.9 Å². The van der Waals surface area contributed by atoms with E-state index in [4.69, 9.17) is 9.47 Å². The van der Waals surface area contributed by atoms with Crippen LogP contribution in [0.1, 0.15) is 116 Å². The third-order valence-electron chi connectivity index (χ3n) is 10.0. The van der Waals surface area contributed by atoms with Crippen molar-refractivity contribution >= 4 is 58.8 Å². The van der Waals surface area contributed by atoms with Gasteiger partial charge in [-0.1, -0.05) is 65.8 Å². The first-order chi connectivity index (χ1) is 27.8. The van der Waals surface area contributed by atoms with Gasteiger partial charge in [-0.05, 0) is 77.6 Å². The third-order valence-corrected chi connectivity index (χ3v) is 10.0. The third kappa shape index (κ3) is 12.1. The van der Waals surface area contributed by atoms with Crippen molar-refractivity contribution in [3.63, 3.8) is 0 Å². The number of hydrogen-bond donors (Lipinski definition) is 4. The predicted octanol–water partition coefficient (Wildman–Crippen LogP) is 4.69. The molecule has 2 aromatic carbocycles. The van der Waals surface area contributed by atoms with Gasteiger partial charge in [-0.2, -0.15) is 0 Å². The van der Waals surface area contributed by atoms with Crippen LogP contribution in [0.3, 0.4) is 0 Å². The minimum Gasteiger partial charge on any atom is -0.467 e. The number of methoxy groups -OCH3 is 2. The van der Waals surface area contributed by atoms with Crippen LogP contribution in [0, 0.1) is 10.8 Å². The molecule has 2 aliphatic heterocycles. The van der Waals surface area contributed by atoms with Gasteiger partial charge in [0.05, 0.1) is 36.7 Å². The van der Waals surface area contributed by atoms with Crippen molar-refractivity contribution in [1.82, 2.24) is 20.4 Å². The molecule has 16 nitrogen and oxygen atoms in total. The molecule has 2 atom stereocenters. The highest BCUT2D eigenvalue weighted by Crippen LogP contribution is 2.29. The van der Waals surface area contributed by atoms with Crippen molar-refractivity contribution < 1.29 is 47.8 Å². The lowest BCUT2D eigenvalue weighted by Crippen LogP contribution is -2.50. The first-order valence-electron chi connectivity index (χ1n) is 20.0. The fourth-order valence-electron chi connectivity index (χ4n) is 6.75. The first kappa shape index (κ1) is 48.6. The van der Waals surface area contributed by atoms with Gasteiger partial charge in [-0.3, -0.25) is 28.8 Å². The molecule has 2 aliphatic rings. The highest BCUT2D eigenvalue weighted by Gasteiger charge is 2.41. The van der Waals surface area contributed by atoms with E-state index in [1.807, 2.05) is 41.5 Å². The van der Waals surface area contributed by atoms with E-state index in [1.54, 1.807) is 58.3 Å². The number of hydrogen-bond acceptors (Lipinski definition) is 10. The largest absolute Gasteiger partial charge is 0.467 e. The van der Waals surface area contributed by atoms with Crippen LogP contribution in [0.5, 0.6) is 0 Å². The molecule has 4 rings (SSSR count). The maximum Gasteiger partial charge on any atom is 0.330 e. The zero-order valence-corrected chi connectivity index (χ0v) is 37.0. The summed E-state index contributed by atoms with van der Waals surface area (Å²) >= 11 is 0. The van der Waals surface area contributed by atoms with Gasteiger partial charge < -0.3 is 40.5 Å². The Morgan fingerprint density at radius 3 is 1.15 bits per heavy atom. The van der Waals surface area contributed by atoms with Crippen molar-refractivity contribution in [2.45, 2.75) is 118 Å². The first-order valence-corrected chi connectivity index (χ1v) is 20.0. The Hall–Kier alpha value is -5.80. The van der Waals surface area contributed by atoms with E-state index >= 15 is 0 Å². The molecule has 0 aliphatic carbocycles. The maximum atomic E-state index is 13.0. The van der Waals surface area contributed by atoms with Crippen molar-refractivity contribution in [2.24, 2.45) is 10.8 Å². The number of rotatable bonds is 10. The number of amides is 6. The molecular weight excluding hydrogens is 773 g/mol. The Balaban J connectivity index is 0.000000320. The molecule has 2 saturated heterocycles. The van der Waals surface area contributed by atoms with Gasteiger partial charge in [-0.25, -0.2) is 9.59 Å². The number of anilines is 2. The number of benzene rings is 2. The summed E-state index contributed by atoms with van der Waals surface area (Å²) in [6, 6.07) is 11.9. The lowest BCUT2D eigenvalue weighted by Gasteiger charge is -2.30. The topological polar surface area (TPSA) is 210 Å². The lowest BCUT2D eigenvalue weighted by atomic mass is 9.94.